The van der Waals surface area contributed by atoms with Gasteiger partial charge in [-0.15, -0.1) is 0 Å². The molecular weight excluding hydrogens is 206 g/mol. The Morgan fingerprint density at radius 3 is 2.18 bits per heavy atom. The van der Waals surface area contributed by atoms with Crippen molar-refractivity contribution in [3.8, 4) is 0 Å². The van der Waals surface area contributed by atoms with E-state index in [1.165, 1.54) is 23.1 Å². The van der Waals surface area contributed by atoms with E-state index in [4.69, 9.17) is 0 Å². The maximum Gasteiger partial charge on any atom is -0.00174 e. The molecule has 0 aromatic heterocycles. The molecule has 1 heteroatoms. The quantitative estimate of drug-likeness (QED) is 0.731. The fraction of sp³-hybridized carbons (Fsp3) is 0.625. The van der Waals surface area contributed by atoms with Crippen LogP contribution in [0.2, 0.25) is 0 Å². The number of nitrogens with one attached hydrogen (secondary N) is 1. The molecule has 0 fully saturated rings. The molecule has 0 bridgehead atoms. The summed E-state index contributed by atoms with van der Waals surface area (Å²) in [6.45, 7) is 13.5. The first kappa shape index (κ1) is 14.2. The maximum absolute atomic E-state index is 3.51. The SMILES string of the molecule is CCCNCC(C)C(C)c1cc(C)cc(C)c1. The second-order valence-electron chi connectivity index (χ2n) is 5.39. The Hall–Kier alpha value is -0.820. The second-order valence-corrected chi connectivity index (χ2v) is 5.39. The Balaban J connectivity index is 2.64. The Bertz CT molecular complexity index is 323. The van der Waals surface area contributed by atoms with E-state index in [1.807, 2.05) is 0 Å². The number of benzene rings is 1. The van der Waals surface area contributed by atoms with Gasteiger partial charge in [-0.3, -0.25) is 0 Å². The molecule has 1 nitrogen and oxygen atoms in total. The highest BCUT2D eigenvalue weighted by molar-refractivity contribution is 5.31. The summed E-state index contributed by atoms with van der Waals surface area (Å²) in [5.41, 5.74) is 4.23. The highest BCUT2D eigenvalue weighted by atomic mass is 14.8. The van der Waals surface area contributed by atoms with Gasteiger partial charge in [-0.05, 0) is 50.8 Å². The van der Waals surface area contributed by atoms with Crippen molar-refractivity contribution in [3.05, 3.63) is 34.9 Å². The van der Waals surface area contributed by atoms with Crippen molar-refractivity contribution in [2.75, 3.05) is 13.1 Å². The minimum Gasteiger partial charge on any atom is -0.316 e. The summed E-state index contributed by atoms with van der Waals surface area (Å²) < 4.78 is 0. The summed E-state index contributed by atoms with van der Waals surface area (Å²) >= 11 is 0. The van der Waals surface area contributed by atoms with Crippen LogP contribution in [0.1, 0.15) is 49.8 Å². The molecule has 0 saturated heterocycles. The number of rotatable bonds is 6. The highest BCUT2D eigenvalue weighted by Crippen LogP contribution is 2.25. The smallest absolute Gasteiger partial charge is 0.00174 e. The molecule has 1 rings (SSSR count). The van der Waals surface area contributed by atoms with Gasteiger partial charge in [0.05, 0.1) is 0 Å². The maximum atomic E-state index is 3.51. The van der Waals surface area contributed by atoms with Gasteiger partial charge in [0, 0.05) is 0 Å². The standard InChI is InChI=1S/C16H27N/c1-6-7-17-11-14(4)15(5)16-9-12(2)8-13(3)10-16/h8-10,14-15,17H,6-7,11H2,1-5H3. The molecule has 1 aromatic carbocycles. The van der Waals surface area contributed by atoms with Crippen molar-refractivity contribution in [1.82, 2.24) is 5.32 Å². The number of hydrogen-bond donors (Lipinski definition) is 1. The van der Waals surface area contributed by atoms with Gasteiger partial charge < -0.3 is 5.32 Å². The van der Waals surface area contributed by atoms with Crippen LogP contribution in [-0.2, 0) is 0 Å². The fourth-order valence-corrected chi connectivity index (χ4v) is 2.28. The first-order chi connectivity index (χ1) is 8.04. The molecule has 1 N–H and O–H groups in total. The predicted octanol–water partition coefficient (Wildman–Crippen LogP) is 4.04. The molecule has 0 saturated carbocycles. The molecule has 0 heterocycles. The van der Waals surface area contributed by atoms with Crippen LogP contribution in [0.3, 0.4) is 0 Å². The molecule has 0 aliphatic heterocycles. The predicted molar refractivity (Wildman–Crippen MR) is 76.7 cm³/mol. The molecule has 1 aromatic rings. The molecule has 0 radical (unpaired) electrons. The van der Waals surface area contributed by atoms with E-state index in [1.54, 1.807) is 0 Å². The van der Waals surface area contributed by atoms with Crippen LogP contribution in [-0.4, -0.2) is 13.1 Å². The van der Waals surface area contributed by atoms with Gasteiger partial charge in [0.2, 0.25) is 0 Å². The lowest BCUT2D eigenvalue weighted by atomic mass is 9.87. The normalized spacial score (nSPS) is 14.6. The lowest BCUT2D eigenvalue weighted by Gasteiger charge is -2.21. The van der Waals surface area contributed by atoms with Gasteiger partial charge in [0.25, 0.3) is 0 Å². The van der Waals surface area contributed by atoms with E-state index in [9.17, 15) is 0 Å². The van der Waals surface area contributed by atoms with E-state index in [0.29, 0.717) is 11.8 Å². The molecule has 0 aliphatic rings. The highest BCUT2D eigenvalue weighted by Gasteiger charge is 2.14. The third-order valence-corrected chi connectivity index (χ3v) is 3.52. The van der Waals surface area contributed by atoms with Crippen molar-refractivity contribution < 1.29 is 0 Å². The van der Waals surface area contributed by atoms with Crippen LogP contribution in [0.4, 0.5) is 0 Å². The van der Waals surface area contributed by atoms with E-state index in [2.05, 4.69) is 58.1 Å². The first-order valence-electron chi connectivity index (χ1n) is 6.83. The summed E-state index contributed by atoms with van der Waals surface area (Å²) in [6, 6.07) is 6.90. The van der Waals surface area contributed by atoms with Gasteiger partial charge in [-0.1, -0.05) is 50.1 Å². The van der Waals surface area contributed by atoms with Gasteiger partial charge in [0.15, 0.2) is 0 Å². The van der Waals surface area contributed by atoms with Crippen molar-refractivity contribution in [1.29, 1.82) is 0 Å². The molecule has 0 amide bonds. The average Bonchev–Trinajstić information content (AvgIpc) is 2.27. The summed E-state index contributed by atoms with van der Waals surface area (Å²) in [6.07, 6.45) is 1.21. The van der Waals surface area contributed by atoms with Crippen LogP contribution < -0.4 is 5.32 Å². The fourth-order valence-electron chi connectivity index (χ4n) is 2.28. The minimum absolute atomic E-state index is 0.623. The largest absolute Gasteiger partial charge is 0.316 e. The van der Waals surface area contributed by atoms with Gasteiger partial charge in [-0.2, -0.15) is 0 Å². The molecule has 0 spiro atoms. The van der Waals surface area contributed by atoms with Gasteiger partial charge in [-0.25, -0.2) is 0 Å². The van der Waals surface area contributed by atoms with Crippen LogP contribution >= 0.6 is 0 Å². The summed E-state index contributed by atoms with van der Waals surface area (Å²) in [7, 11) is 0. The third-order valence-electron chi connectivity index (χ3n) is 3.52. The molecule has 0 aliphatic carbocycles. The molecule has 17 heavy (non-hydrogen) atoms. The molecule has 2 unspecified atom stereocenters. The Labute approximate surface area is 107 Å². The van der Waals surface area contributed by atoms with E-state index >= 15 is 0 Å². The third kappa shape index (κ3) is 4.51. The number of hydrogen-bond acceptors (Lipinski definition) is 1. The summed E-state index contributed by atoms with van der Waals surface area (Å²) in [4.78, 5) is 0. The lowest BCUT2D eigenvalue weighted by Crippen LogP contribution is -2.25. The Kier molecular flexibility index (Phi) is 5.70. The molecular formula is C16H27N. The van der Waals surface area contributed by atoms with E-state index in [0.717, 1.165) is 13.1 Å². The van der Waals surface area contributed by atoms with Crippen molar-refractivity contribution >= 4 is 0 Å². The zero-order valence-electron chi connectivity index (χ0n) is 12.0. The first-order valence-corrected chi connectivity index (χ1v) is 6.83. The van der Waals surface area contributed by atoms with Crippen molar-refractivity contribution in [2.24, 2.45) is 5.92 Å². The monoisotopic (exact) mass is 233 g/mol. The minimum atomic E-state index is 0.623. The van der Waals surface area contributed by atoms with Crippen LogP contribution in [0.25, 0.3) is 0 Å². The second kappa shape index (κ2) is 6.80. The van der Waals surface area contributed by atoms with Crippen molar-refractivity contribution in [2.45, 2.75) is 47.0 Å². The van der Waals surface area contributed by atoms with Crippen LogP contribution in [0.5, 0.6) is 0 Å². The zero-order chi connectivity index (χ0) is 12.8. The Morgan fingerprint density at radius 1 is 1.06 bits per heavy atom. The van der Waals surface area contributed by atoms with Gasteiger partial charge >= 0.3 is 0 Å². The van der Waals surface area contributed by atoms with Crippen LogP contribution in [0, 0.1) is 19.8 Å². The zero-order valence-corrected chi connectivity index (χ0v) is 12.0. The summed E-state index contributed by atoms with van der Waals surface area (Å²) in [5, 5.41) is 3.51. The van der Waals surface area contributed by atoms with Gasteiger partial charge in [0.1, 0.15) is 0 Å². The average molecular weight is 233 g/mol. The molecule has 2 atom stereocenters. The summed E-state index contributed by atoms with van der Waals surface area (Å²) in [5.74, 6) is 1.31. The topological polar surface area (TPSA) is 12.0 Å². The van der Waals surface area contributed by atoms with E-state index in [-0.39, 0.29) is 0 Å². The van der Waals surface area contributed by atoms with Crippen LogP contribution in [0.15, 0.2) is 18.2 Å². The van der Waals surface area contributed by atoms with Crippen molar-refractivity contribution in [3.63, 3.8) is 0 Å². The lowest BCUT2D eigenvalue weighted by molar-refractivity contribution is 0.448. The number of aryl methyl sites for hydroxylation is 2. The Morgan fingerprint density at radius 2 is 1.65 bits per heavy atom. The molecule has 96 valence electrons. The van der Waals surface area contributed by atoms with E-state index < -0.39 is 0 Å².